The molecule has 0 aromatic heterocycles. The van der Waals surface area contributed by atoms with Gasteiger partial charge in [0.1, 0.15) is 0 Å². The maximum Gasteiger partial charge on any atom is 0.302 e. The predicted octanol–water partition coefficient (Wildman–Crippen LogP) is 5.19. The van der Waals surface area contributed by atoms with Crippen LogP contribution in [0.2, 0.25) is 0 Å². The highest BCUT2D eigenvalue weighted by molar-refractivity contribution is 5.66. The number of esters is 1. The summed E-state index contributed by atoms with van der Waals surface area (Å²) in [6, 6.07) is 0. The quantitative estimate of drug-likeness (QED) is 0.292. The van der Waals surface area contributed by atoms with E-state index in [4.69, 9.17) is 4.74 Å². The minimum Gasteiger partial charge on any atom is -0.463 e. The SMILES string of the molecule is CCCCC/C=C\C/C=C\CCC[C@H](C)OC(C)=O. The second kappa shape index (κ2) is 13.4. The van der Waals surface area contributed by atoms with E-state index >= 15 is 0 Å². The van der Waals surface area contributed by atoms with Crippen LogP contribution < -0.4 is 0 Å². The number of rotatable bonds is 11. The summed E-state index contributed by atoms with van der Waals surface area (Å²) in [5.74, 6) is -0.184. The van der Waals surface area contributed by atoms with Gasteiger partial charge in [0, 0.05) is 6.92 Å². The maximum absolute atomic E-state index is 10.7. The molecular formula is C17H30O2. The Hall–Kier alpha value is -1.05. The Morgan fingerprint density at radius 3 is 2.26 bits per heavy atom. The van der Waals surface area contributed by atoms with Gasteiger partial charge >= 0.3 is 5.97 Å². The van der Waals surface area contributed by atoms with Crippen LogP contribution in [0.5, 0.6) is 0 Å². The molecule has 1 atom stereocenters. The van der Waals surface area contributed by atoms with E-state index in [1.807, 2.05) is 6.92 Å². The number of unbranched alkanes of at least 4 members (excludes halogenated alkanes) is 4. The van der Waals surface area contributed by atoms with Gasteiger partial charge in [0.25, 0.3) is 0 Å². The molecule has 0 saturated heterocycles. The summed E-state index contributed by atoms with van der Waals surface area (Å²) in [6.45, 7) is 5.64. The average molecular weight is 266 g/mol. The van der Waals surface area contributed by atoms with Crippen LogP contribution in [0, 0.1) is 0 Å². The summed E-state index contributed by atoms with van der Waals surface area (Å²) in [5, 5.41) is 0. The van der Waals surface area contributed by atoms with Gasteiger partial charge in [-0.25, -0.2) is 0 Å². The third-order valence-electron chi connectivity index (χ3n) is 2.93. The van der Waals surface area contributed by atoms with E-state index in [0.717, 1.165) is 25.7 Å². The van der Waals surface area contributed by atoms with Gasteiger partial charge in [0.15, 0.2) is 0 Å². The highest BCUT2D eigenvalue weighted by atomic mass is 16.5. The van der Waals surface area contributed by atoms with E-state index in [1.165, 1.54) is 32.6 Å². The Bertz CT molecular complexity index is 266. The Labute approximate surface area is 118 Å². The molecule has 0 spiro atoms. The first kappa shape index (κ1) is 17.9. The van der Waals surface area contributed by atoms with Crippen LogP contribution in [0.25, 0.3) is 0 Å². The molecule has 0 N–H and O–H groups in total. The lowest BCUT2D eigenvalue weighted by molar-refractivity contribution is -0.145. The first-order valence-electron chi connectivity index (χ1n) is 7.64. The highest BCUT2D eigenvalue weighted by Gasteiger charge is 2.03. The van der Waals surface area contributed by atoms with E-state index in [1.54, 1.807) is 0 Å². The van der Waals surface area contributed by atoms with Crippen molar-refractivity contribution in [2.24, 2.45) is 0 Å². The molecule has 0 aliphatic carbocycles. The first-order chi connectivity index (χ1) is 9.16. The van der Waals surface area contributed by atoms with Crippen molar-refractivity contribution in [2.75, 3.05) is 0 Å². The molecule has 0 rings (SSSR count). The van der Waals surface area contributed by atoms with E-state index in [0.29, 0.717) is 0 Å². The molecule has 0 aliphatic heterocycles. The monoisotopic (exact) mass is 266 g/mol. The molecule has 0 aliphatic rings. The molecule has 19 heavy (non-hydrogen) atoms. The lowest BCUT2D eigenvalue weighted by atomic mass is 10.1. The molecule has 0 aromatic carbocycles. The zero-order chi connectivity index (χ0) is 14.3. The standard InChI is InChI=1S/C17H30O2/c1-4-5-6-7-8-9-10-11-12-13-14-15-16(2)19-17(3)18/h8-9,11-12,16H,4-7,10,13-15H2,1-3H3/b9-8-,12-11-/t16-/m0/s1. The van der Waals surface area contributed by atoms with Gasteiger partial charge in [-0.15, -0.1) is 0 Å². The number of hydrogen-bond acceptors (Lipinski definition) is 2. The third kappa shape index (κ3) is 14.9. The zero-order valence-corrected chi connectivity index (χ0v) is 12.9. The summed E-state index contributed by atoms with van der Waals surface area (Å²) < 4.78 is 5.07. The van der Waals surface area contributed by atoms with Gasteiger partial charge in [-0.3, -0.25) is 4.79 Å². The van der Waals surface area contributed by atoms with Crippen molar-refractivity contribution in [3.63, 3.8) is 0 Å². The summed E-state index contributed by atoms with van der Waals surface area (Å²) in [5.41, 5.74) is 0. The second-order valence-corrected chi connectivity index (χ2v) is 5.03. The summed E-state index contributed by atoms with van der Waals surface area (Å²) in [4.78, 5) is 10.7. The summed E-state index contributed by atoms with van der Waals surface area (Å²) in [6.07, 6.45) is 18.3. The number of ether oxygens (including phenoxy) is 1. The van der Waals surface area contributed by atoms with Crippen molar-refractivity contribution in [1.82, 2.24) is 0 Å². The van der Waals surface area contributed by atoms with Crippen LogP contribution in [0.4, 0.5) is 0 Å². The third-order valence-corrected chi connectivity index (χ3v) is 2.93. The maximum atomic E-state index is 10.7. The normalized spacial score (nSPS) is 13.2. The van der Waals surface area contributed by atoms with Crippen LogP contribution in [0.3, 0.4) is 0 Å². The van der Waals surface area contributed by atoms with E-state index < -0.39 is 0 Å². The molecule has 0 saturated carbocycles. The highest BCUT2D eigenvalue weighted by Crippen LogP contribution is 2.06. The Morgan fingerprint density at radius 2 is 1.68 bits per heavy atom. The van der Waals surface area contributed by atoms with Crippen LogP contribution in [-0.2, 0) is 9.53 Å². The van der Waals surface area contributed by atoms with Gasteiger partial charge in [-0.2, -0.15) is 0 Å². The molecule has 0 unspecified atom stereocenters. The van der Waals surface area contributed by atoms with E-state index in [-0.39, 0.29) is 12.1 Å². The Kier molecular flexibility index (Phi) is 12.6. The van der Waals surface area contributed by atoms with Crippen molar-refractivity contribution >= 4 is 5.97 Å². The molecule has 0 heterocycles. The number of allylic oxidation sites excluding steroid dienone is 4. The largest absolute Gasteiger partial charge is 0.463 e. The smallest absolute Gasteiger partial charge is 0.302 e. The van der Waals surface area contributed by atoms with Crippen LogP contribution in [0.1, 0.15) is 72.1 Å². The number of carbonyl (C=O) groups excluding carboxylic acids is 1. The Morgan fingerprint density at radius 1 is 1.05 bits per heavy atom. The van der Waals surface area contributed by atoms with Crippen molar-refractivity contribution in [2.45, 2.75) is 78.2 Å². The first-order valence-corrected chi connectivity index (χ1v) is 7.64. The molecule has 0 amide bonds. The van der Waals surface area contributed by atoms with Gasteiger partial charge in [0.05, 0.1) is 6.10 Å². The van der Waals surface area contributed by atoms with E-state index in [2.05, 4.69) is 31.2 Å². The van der Waals surface area contributed by atoms with Gasteiger partial charge in [-0.1, -0.05) is 44.1 Å². The van der Waals surface area contributed by atoms with Gasteiger partial charge < -0.3 is 4.74 Å². The van der Waals surface area contributed by atoms with Crippen molar-refractivity contribution in [3.05, 3.63) is 24.3 Å². The summed E-state index contributed by atoms with van der Waals surface area (Å²) in [7, 11) is 0. The van der Waals surface area contributed by atoms with Crippen molar-refractivity contribution in [1.29, 1.82) is 0 Å². The van der Waals surface area contributed by atoms with Crippen molar-refractivity contribution < 1.29 is 9.53 Å². The molecular weight excluding hydrogens is 236 g/mol. The van der Waals surface area contributed by atoms with E-state index in [9.17, 15) is 4.79 Å². The van der Waals surface area contributed by atoms with Crippen LogP contribution >= 0.6 is 0 Å². The fourth-order valence-corrected chi connectivity index (χ4v) is 1.88. The number of carbonyl (C=O) groups is 1. The van der Waals surface area contributed by atoms with Crippen LogP contribution in [-0.4, -0.2) is 12.1 Å². The molecule has 0 bridgehead atoms. The molecule has 2 nitrogen and oxygen atoms in total. The molecule has 0 fully saturated rings. The fraction of sp³-hybridized carbons (Fsp3) is 0.706. The lowest BCUT2D eigenvalue weighted by Gasteiger charge is -2.10. The second-order valence-electron chi connectivity index (χ2n) is 5.03. The fourth-order valence-electron chi connectivity index (χ4n) is 1.88. The van der Waals surface area contributed by atoms with Gasteiger partial charge in [0.2, 0.25) is 0 Å². The lowest BCUT2D eigenvalue weighted by Crippen LogP contribution is -2.11. The molecule has 0 aromatic rings. The zero-order valence-electron chi connectivity index (χ0n) is 12.9. The summed E-state index contributed by atoms with van der Waals surface area (Å²) >= 11 is 0. The molecule has 0 radical (unpaired) electrons. The van der Waals surface area contributed by atoms with Gasteiger partial charge in [-0.05, 0) is 45.4 Å². The topological polar surface area (TPSA) is 26.3 Å². The van der Waals surface area contributed by atoms with Crippen molar-refractivity contribution in [3.8, 4) is 0 Å². The predicted molar refractivity (Wildman–Crippen MR) is 82.1 cm³/mol. The minimum absolute atomic E-state index is 0.0457. The Balaban J connectivity index is 3.36. The molecule has 2 heteroatoms. The van der Waals surface area contributed by atoms with Crippen LogP contribution in [0.15, 0.2) is 24.3 Å². The average Bonchev–Trinajstić information content (AvgIpc) is 2.35. The number of hydrogen-bond donors (Lipinski definition) is 0. The minimum atomic E-state index is -0.184. The molecule has 110 valence electrons.